The van der Waals surface area contributed by atoms with Crippen LogP contribution in [-0.2, 0) is 13.6 Å². The lowest BCUT2D eigenvalue weighted by molar-refractivity contribution is 0.0849. The van der Waals surface area contributed by atoms with Crippen LogP contribution in [0.1, 0.15) is 87.8 Å². The predicted octanol–water partition coefficient (Wildman–Crippen LogP) is 11.8. The van der Waals surface area contributed by atoms with Crippen LogP contribution in [0, 0.1) is 40.5 Å². The first kappa shape index (κ1) is 52.7. The van der Waals surface area contributed by atoms with Crippen LogP contribution in [0.2, 0.25) is 0 Å². The molecule has 19 heteroatoms. The lowest BCUT2D eigenvalue weighted by atomic mass is 9.92. The van der Waals surface area contributed by atoms with E-state index in [0.29, 0.717) is 71.3 Å². The Morgan fingerprint density at radius 3 is 2.11 bits per heavy atom. The Bertz CT molecular complexity index is 4160. The number of hydrogen-bond acceptors (Lipinski definition) is 14. The molecule has 3 unspecified atom stereocenters. The summed E-state index contributed by atoms with van der Waals surface area (Å²) in [5.41, 5.74) is 1.38. The topological polar surface area (TPSA) is 163 Å². The zero-order chi connectivity index (χ0) is 56.6. The number of anilines is 2. The van der Waals surface area contributed by atoms with Gasteiger partial charge in [-0.25, -0.2) is 17.6 Å². The van der Waals surface area contributed by atoms with E-state index in [4.69, 9.17) is 34.4 Å². The molecular formula is C64H60F4N12O3. The minimum atomic E-state index is -0.744. The van der Waals surface area contributed by atoms with Gasteiger partial charge in [-0.1, -0.05) is 60.7 Å². The molecule has 9 aromatic rings. The number of aryl methyl sites for hydroxylation is 1. The van der Waals surface area contributed by atoms with Crippen LogP contribution in [0.15, 0.2) is 102 Å². The third-order valence-corrected chi connectivity index (χ3v) is 18.5. The summed E-state index contributed by atoms with van der Waals surface area (Å²) in [6, 6.07) is 24.0. The van der Waals surface area contributed by atoms with Crippen LogP contribution in [0.4, 0.5) is 29.2 Å². The molecule has 14 rings (SSSR count). The molecule has 5 aliphatic heterocycles. The molecule has 1 N–H and O–H groups in total. The maximum absolute atomic E-state index is 17.6. The molecule has 422 valence electrons. The lowest BCUT2D eigenvalue weighted by Crippen LogP contribution is -2.44. The molecular weight excluding hydrogens is 1060 g/mol. The van der Waals surface area contributed by atoms with E-state index in [2.05, 4.69) is 31.1 Å². The van der Waals surface area contributed by atoms with Gasteiger partial charge in [-0.15, -0.1) is 0 Å². The van der Waals surface area contributed by atoms with Gasteiger partial charge in [0.05, 0.1) is 27.9 Å². The van der Waals surface area contributed by atoms with E-state index in [0.717, 1.165) is 88.5 Å². The van der Waals surface area contributed by atoms with Crippen molar-refractivity contribution >= 4 is 55.0 Å². The normalized spacial score (nSPS) is 20.7. The summed E-state index contributed by atoms with van der Waals surface area (Å²) in [5, 5.41) is 15.6. The van der Waals surface area contributed by atoms with Crippen LogP contribution >= 0.6 is 0 Å². The minimum Gasteiger partial charge on any atom is -0.461 e. The molecule has 15 nitrogen and oxygen atoms in total. The zero-order valence-electron chi connectivity index (χ0n) is 46.0. The lowest BCUT2D eigenvalue weighted by Gasteiger charge is -2.35. The molecule has 10 heterocycles. The second-order valence-electron chi connectivity index (χ2n) is 23.2. The fraction of sp³-hybridized carbons (Fsp3) is 0.375. The smallest absolute Gasteiger partial charge is 0.319 e. The quantitative estimate of drug-likeness (QED) is 0.108. The summed E-state index contributed by atoms with van der Waals surface area (Å²) < 4.78 is 81.7. The molecule has 0 saturated carbocycles. The number of hydrogen-bond donors (Lipinski definition) is 1. The number of nitrogens with one attached hydrogen (secondary N) is 1. The summed E-state index contributed by atoms with van der Waals surface area (Å²) in [4.78, 5) is 47.6. The van der Waals surface area contributed by atoms with Crippen molar-refractivity contribution in [2.45, 2.75) is 94.3 Å². The van der Waals surface area contributed by atoms with Crippen molar-refractivity contribution in [2.24, 2.45) is 13.0 Å². The highest BCUT2D eigenvalue weighted by Crippen LogP contribution is 2.51. The van der Waals surface area contributed by atoms with E-state index < -0.39 is 28.8 Å². The molecule has 5 aromatic heterocycles. The van der Waals surface area contributed by atoms with Crippen molar-refractivity contribution in [3.8, 4) is 40.6 Å². The first-order valence-corrected chi connectivity index (χ1v) is 28.9. The molecule has 4 aromatic carbocycles. The molecule has 5 aliphatic rings. The number of nitrogens with zero attached hydrogens (tertiary/aromatic N) is 11. The molecule has 0 bridgehead atoms. The van der Waals surface area contributed by atoms with Crippen LogP contribution in [0.5, 0.6) is 12.0 Å². The van der Waals surface area contributed by atoms with E-state index >= 15 is 17.6 Å². The largest absolute Gasteiger partial charge is 0.461 e. The Kier molecular flexibility index (Phi) is 13.4. The van der Waals surface area contributed by atoms with Crippen molar-refractivity contribution in [1.29, 1.82) is 5.26 Å². The second-order valence-corrected chi connectivity index (χ2v) is 23.2. The number of pyridine rings is 3. The average molecular weight is 1120 g/mol. The second kappa shape index (κ2) is 21.1. The van der Waals surface area contributed by atoms with Crippen molar-refractivity contribution in [3.05, 3.63) is 142 Å². The molecule has 0 amide bonds. The zero-order valence-corrected chi connectivity index (χ0v) is 46.0. The molecule has 3 atom stereocenters. The van der Waals surface area contributed by atoms with E-state index in [1.165, 1.54) is 29.0 Å². The highest BCUT2D eigenvalue weighted by atomic mass is 19.1. The van der Waals surface area contributed by atoms with Crippen molar-refractivity contribution in [2.75, 3.05) is 56.2 Å². The third kappa shape index (κ3) is 9.21. The van der Waals surface area contributed by atoms with Gasteiger partial charge in [0.15, 0.2) is 11.6 Å². The molecule has 0 aliphatic carbocycles. The Morgan fingerprint density at radius 1 is 0.663 bits per heavy atom. The summed E-state index contributed by atoms with van der Waals surface area (Å²) in [5.74, 6) is -1.84. The van der Waals surface area contributed by atoms with Gasteiger partial charge in [0, 0.05) is 85.2 Å². The van der Waals surface area contributed by atoms with Gasteiger partial charge in [-0.3, -0.25) is 24.6 Å². The standard InChI is InChI=1S/C64H60F4N12O3/c1-77-35-39(16-19-50(77)81)32-72-59-45-33-70-56(53(67)57(45)73-61(75-59)82-36-63-22-6-27-79(63)28-7-23-63)44-14-4-12-42-41(17-18-48(66)52(42)44)49-20-25-64(24-8-29-80(49)64)37-83-62-74-58-46(60(76-62)78-26-5-9-38(31-69)21-30-78)34-71-55(54(58)68)43-13-2-10-40-11-3-15-47(65)51(40)43/h2-4,10-19,33-35,38,49H,5-9,20-30,32,36-37H2,1H3,(H,72,73,75). The van der Waals surface area contributed by atoms with Gasteiger partial charge in [0.1, 0.15) is 58.9 Å². The van der Waals surface area contributed by atoms with Gasteiger partial charge in [-0.05, 0) is 124 Å². The van der Waals surface area contributed by atoms with Crippen molar-refractivity contribution in [3.63, 3.8) is 0 Å². The Morgan fingerprint density at radius 2 is 1.34 bits per heavy atom. The summed E-state index contributed by atoms with van der Waals surface area (Å²) in [6.45, 7) is 4.66. The van der Waals surface area contributed by atoms with Crippen LogP contribution in [-0.4, -0.2) is 101 Å². The fourth-order valence-corrected chi connectivity index (χ4v) is 14.4. The SMILES string of the molecule is Cn1cc(CNc2nc(OCC34CCCN3CCC4)nc3c(F)c(-c4cccc5c(C6CCC7(COc8nc(N9CCCC(C#N)CC9)c9cnc(-c%10cccc%11cccc(F)c%10%11)c(F)c9n8)CCCN67)ccc(F)c45)ncc23)ccc1=O. The molecule has 0 spiro atoms. The van der Waals surface area contributed by atoms with E-state index in [9.17, 15) is 10.1 Å². The monoisotopic (exact) mass is 1120 g/mol. The van der Waals surface area contributed by atoms with Crippen LogP contribution < -0.4 is 25.2 Å². The molecule has 5 saturated heterocycles. The Hall–Kier alpha value is -8.34. The molecule has 5 fully saturated rings. The Balaban J connectivity index is 0.790. The van der Waals surface area contributed by atoms with Crippen LogP contribution in [0.25, 0.3) is 65.9 Å². The molecule has 0 radical (unpaired) electrons. The van der Waals surface area contributed by atoms with Gasteiger partial charge in [0.2, 0.25) is 5.56 Å². The van der Waals surface area contributed by atoms with Gasteiger partial charge in [0.25, 0.3) is 0 Å². The van der Waals surface area contributed by atoms with Gasteiger partial charge < -0.3 is 24.3 Å². The van der Waals surface area contributed by atoms with Crippen molar-refractivity contribution in [1.82, 2.24) is 44.3 Å². The summed E-state index contributed by atoms with van der Waals surface area (Å²) >= 11 is 0. The highest BCUT2D eigenvalue weighted by Gasteiger charge is 2.51. The first-order valence-electron chi connectivity index (χ1n) is 28.9. The van der Waals surface area contributed by atoms with E-state index in [1.807, 2.05) is 12.1 Å². The number of benzene rings is 4. The Labute approximate surface area is 476 Å². The molecule has 83 heavy (non-hydrogen) atoms. The van der Waals surface area contributed by atoms with Gasteiger partial charge in [-0.2, -0.15) is 25.2 Å². The number of rotatable bonds is 13. The number of ether oxygens (including phenoxy) is 2. The number of nitriles is 1. The first-order chi connectivity index (χ1) is 40.5. The van der Waals surface area contributed by atoms with Crippen LogP contribution in [0.3, 0.4) is 0 Å². The minimum absolute atomic E-state index is 0.00344. The predicted molar refractivity (Wildman–Crippen MR) is 309 cm³/mol. The summed E-state index contributed by atoms with van der Waals surface area (Å²) in [7, 11) is 1.68. The fourth-order valence-electron chi connectivity index (χ4n) is 14.4. The number of fused-ring (bicyclic) bond motifs is 6. The average Bonchev–Trinajstić information content (AvgIpc) is 4.43. The number of halogens is 4. The third-order valence-electron chi connectivity index (χ3n) is 18.5. The number of aromatic nitrogens is 7. The maximum atomic E-state index is 17.6. The maximum Gasteiger partial charge on any atom is 0.319 e. The van der Waals surface area contributed by atoms with E-state index in [-0.39, 0.29) is 87.0 Å². The van der Waals surface area contributed by atoms with E-state index in [1.54, 1.807) is 68.0 Å². The van der Waals surface area contributed by atoms with Crippen molar-refractivity contribution < 1.29 is 27.0 Å². The highest BCUT2D eigenvalue weighted by molar-refractivity contribution is 6.01. The van der Waals surface area contributed by atoms with Gasteiger partial charge >= 0.3 is 12.0 Å². The summed E-state index contributed by atoms with van der Waals surface area (Å²) in [6.07, 6.45) is 14.1.